The fourth-order valence-electron chi connectivity index (χ4n) is 6.53. The van der Waals surface area contributed by atoms with Crippen LogP contribution in [0, 0.1) is 30.3 Å². The zero-order valence-electron chi connectivity index (χ0n) is 31.8. The molecule has 0 aliphatic carbocycles. The van der Waals surface area contributed by atoms with Gasteiger partial charge in [-0.25, -0.2) is 0 Å². The third-order valence-electron chi connectivity index (χ3n) is 9.47. The molecule has 0 amide bonds. The van der Waals surface area contributed by atoms with Crippen LogP contribution < -0.4 is 14.7 Å². The number of nitrogens with zero attached hydrogens (tertiary/aromatic N) is 6. The molecule has 0 aliphatic rings. The molecule has 0 saturated carbocycles. The Bertz CT molecular complexity index is 1760. The smallest absolute Gasteiger partial charge is 0.297 e. The number of nitro groups is 3. The van der Waals surface area contributed by atoms with E-state index >= 15 is 0 Å². The molecule has 12 nitrogen and oxygen atoms in total. The zero-order chi connectivity index (χ0) is 39.4. The van der Waals surface area contributed by atoms with Gasteiger partial charge >= 0.3 is 0 Å². The molecule has 0 bridgehead atoms. The summed E-state index contributed by atoms with van der Waals surface area (Å²) < 4.78 is 0. The molecular formula is C42H48N6O6. The summed E-state index contributed by atoms with van der Waals surface area (Å²) in [5.41, 5.74) is 1.63. The Morgan fingerprint density at radius 1 is 0.389 bits per heavy atom. The number of benzene rings is 4. The van der Waals surface area contributed by atoms with Crippen molar-refractivity contribution in [1.82, 2.24) is 0 Å². The van der Waals surface area contributed by atoms with E-state index in [0.29, 0.717) is 16.7 Å². The molecule has 12 heteroatoms. The highest BCUT2D eigenvalue weighted by molar-refractivity contribution is 5.96. The first-order valence-electron chi connectivity index (χ1n) is 18.3. The van der Waals surface area contributed by atoms with Crippen molar-refractivity contribution in [2.75, 3.05) is 54.0 Å². The van der Waals surface area contributed by atoms with Crippen molar-refractivity contribution < 1.29 is 14.8 Å². The summed E-state index contributed by atoms with van der Waals surface area (Å²) >= 11 is 0. The maximum absolute atomic E-state index is 12.9. The lowest BCUT2D eigenvalue weighted by atomic mass is 9.94. The first-order valence-corrected chi connectivity index (χ1v) is 18.3. The van der Waals surface area contributed by atoms with E-state index in [9.17, 15) is 30.3 Å². The molecule has 0 aromatic heterocycles. The highest BCUT2D eigenvalue weighted by Crippen LogP contribution is 2.46. The molecule has 0 fully saturated rings. The highest BCUT2D eigenvalue weighted by Gasteiger charge is 2.39. The van der Waals surface area contributed by atoms with Gasteiger partial charge in [0.25, 0.3) is 17.1 Å². The second-order valence-electron chi connectivity index (χ2n) is 12.3. The van der Waals surface area contributed by atoms with Crippen LogP contribution in [0.4, 0.5) is 34.1 Å². The largest absolute Gasteiger partial charge is 0.372 e. The Morgan fingerprint density at radius 3 is 0.759 bits per heavy atom. The zero-order valence-corrected chi connectivity index (χ0v) is 31.8. The summed E-state index contributed by atoms with van der Waals surface area (Å²) in [4.78, 5) is 42.7. The van der Waals surface area contributed by atoms with Crippen LogP contribution in [0.3, 0.4) is 0 Å². The number of anilines is 3. The van der Waals surface area contributed by atoms with Crippen LogP contribution in [-0.4, -0.2) is 54.0 Å². The van der Waals surface area contributed by atoms with Gasteiger partial charge in [-0.3, -0.25) is 30.3 Å². The minimum absolute atomic E-state index is 0.350. The van der Waals surface area contributed by atoms with Crippen LogP contribution in [0.15, 0.2) is 72.8 Å². The van der Waals surface area contributed by atoms with Gasteiger partial charge in [-0.15, -0.1) is 0 Å². The van der Waals surface area contributed by atoms with Crippen LogP contribution in [0.25, 0.3) is 36.5 Å². The standard InChI is InChI=1S/C42H48N6O6/c1-7-43(8-2)34-22-13-31(14-23-34)19-28-37-40(46(49)50)38(29-20-32-15-24-35(25-16-32)44(9-3)10-4)42(48(53)54)39(41(37)47(51)52)30-21-33-17-26-36(27-18-33)45(11-5)12-6/h13-30H,7-12H2,1-6H3/b28-19+,29-20+,30-21+. The molecule has 0 aliphatic heterocycles. The van der Waals surface area contributed by atoms with Crippen LogP contribution in [0.5, 0.6) is 0 Å². The van der Waals surface area contributed by atoms with E-state index in [-0.39, 0.29) is 16.7 Å². The molecule has 0 heterocycles. The molecule has 4 aromatic rings. The summed E-state index contributed by atoms with van der Waals surface area (Å²) in [7, 11) is 0. The minimum Gasteiger partial charge on any atom is -0.372 e. The maximum Gasteiger partial charge on any atom is 0.297 e. The fraction of sp³-hybridized carbons (Fsp3) is 0.286. The summed E-state index contributed by atoms with van der Waals surface area (Å²) in [6.07, 6.45) is 8.56. The van der Waals surface area contributed by atoms with E-state index in [2.05, 4.69) is 14.7 Å². The molecule has 0 atom stereocenters. The summed E-state index contributed by atoms with van der Waals surface area (Å²) in [5.74, 6) is 0. The summed E-state index contributed by atoms with van der Waals surface area (Å²) in [5, 5.41) is 38.6. The van der Waals surface area contributed by atoms with Gasteiger partial charge in [0, 0.05) is 56.3 Å². The Morgan fingerprint density at radius 2 is 0.593 bits per heavy atom. The number of hydrogen-bond donors (Lipinski definition) is 0. The van der Waals surface area contributed by atoms with Crippen LogP contribution in [0.1, 0.15) is 74.9 Å². The quantitative estimate of drug-likeness (QED) is 0.0555. The third kappa shape index (κ3) is 9.37. The van der Waals surface area contributed by atoms with E-state index in [1.165, 1.54) is 18.2 Å². The Kier molecular flexibility index (Phi) is 14.2. The van der Waals surface area contributed by atoms with Gasteiger partial charge in [-0.05, 0) is 113 Å². The number of rotatable bonds is 18. The first-order chi connectivity index (χ1) is 26.0. The van der Waals surface area contributed by atoms with Crippen molar-refractivity contribution in [3.05, 3.63) is 137 Å². The van der Waals surface area contributed by atoms with E-state index < -0.39 is 31.8 Å². The SMILES string of the molecule is CCN(CC)c1ccc(/C=C/c2c([N+](=O)[O-])c(/C=C/c3ccc(N(CC)CC)cc3)c([N+](=O)[O-])c(/C=C/c3ccc(N(CC)CC)cc3)c2[N+](=O)[O-])cc1. The topological polar surface area (TPSA) is 139 Å². The van der Waals surface area contributed by atoms with Gasteiger partial charge < -0.3 is 14.7 Å². The van der Waals surface area contributed by atoms with Gasteiger partial charge in [0.1, 0.15) is 16.7 Å². The Hall–Kier alpha value is -6.30. The molecule has 0 spiro atoms. The average molecular weight is 733 g/mol. The first kappa shape index (κ1) is 40.5. The summed E-state index contributed by atoms with van der Waals surface area (Å²) in [6.45, 7) is 17.1. The number of nitro benzene ring substituents is 3. The van der Waals surface area contributed by atoms with Crippen LogP contribution in [0.2, 0.25) is 0 Å². The predicted octanol–water partition coefficient (Wildman–Crippen LogP) is 10.5. The van der Waals surface area contributed by atoms with Crippen LogP contribution >= 0.6 is 0 Å². The molecule has 0 unspecified atom stereocenters. The fourth-order valence-corrected chi connectivity index (χ4v) is 6.53. The Balaban J connectivity index is 1.98. The second kappa shape index (κ2) is 19.0. The van der Waals surface area contributed by atoms with Crippen molar-refractivity contribution in [1.29, 1.82) is 0 Å². The lowest BCUT2D eigenvalue weighted by Gasteiger charge is -2.20. The normalized spacial score (nSPS) is 11.4. The maximum atomic E-state index is 12.9. The van der Waals surface area contributed by atoms with E-state index in [0.717, 1.165) is 56.3 Å². The molecule has 0 radical (unpaired) electrons. The minimum atomic E-state index is -0.786. The molecule has 0 N–H and O–H groups in total. The van der Waals surface area contributed by atoms with Gasteiger partial charge in [-0.1, -0.05) is 54.6 Å². The van der Waals surface area contributed by atoms with Gasteiger partial charge in [0.15, 0.2) is 0 Å². The van der Waals surface area contributed by atoms with Gasteiger partial charge in [0.05, 0.1) is 14.8 Å². The number of hydrogen-bond acceptors (Lipinski definition) is 9. The van der Waals surface area contributed by atoms with Gasteiger partial charge in [-0.2, -0.15) is 0 Å². The molecule has 0 saturated heterocycles. The van der Waals surface area contributed by atoms with E-state index in [1.54, 1.807) is 18.2 Å². The van der Waals surface area contributed by atoms with Crippen molar-refractivity contribution >= 4 is 70.6 Å². The monoisotopic (exact) mass is 732 g/mol. The summed E-state index contributed by atoms with van der Waals surface area (Å²) in [6, 6.07) is 22.4. The average Bonchev–Trinajstić information content (AvgIpc) is 3.17. The molecule has 282 valence electrons. The highest BCUT2D eigenvalue weighted by atomic mass is 16.6. The molecular weight excluding hydrogens is 684 g/mol. The van der Waals surface area contributed by atoms with E-state index in [1.807, 2.05) is 114 Å². The molecule has 4 aromatic carbocycles. The van der Waals surface area contributed by atoms with Crippen molar-refractivity contribution in [2.24, 2.45) is 0 Å². The van der Waals surface area contributed by atoms with Crippen LogP contribution in [-0.2, 0) is 0 Å². The Labute approximate surface area is 316 Å². The second-order valence-corrected chi connectivity index (χ2v) is 12.3. The van der Waals surface area contributed by atoms with E-state index in [4.69, 9.17) is 0 Å². The lowest BCUT2D eigenvalue weighted by Crippen LogP contribution is -2.21. The predicted molar refractivity (Wildman–Crippen MR) is 223 cm³/mol. The van der Waals surface area contributed by atoms with Crippen molar-refractivity contribution in [2.45, 2.75) is 41.5 Å². The van der Waals surface area contributed by atoms with Gasteiger partial charge in [0.2, 0.25) is 0 Å². The van der Waals surface area contributed by atoms with Crippen molar-refractivity contribution in [3.8, 4) is 0 Å². The molecule has 54 heavy (non-hydrogen) atoms. The lowest BCUT2D eigenvalue weighted by molar-refractivity contribution is -0.403. The van der Waals surface area contributed by atoms with Crippen molar-refractivity contribution in [3.63, 3.8) is 0 Å². The third-order valence-corrected chi connectivity index (χ3v) is 9.47. The molecule has 4 rings (SSSR count).